The third kappa shape index (κ3) is 4.64. The Morgan fingerprint density at radius 1 is 1.12 bits per heavy atom. The summed E-state index contributed by atoms with van der Waals surface area (Å²) in [6.07, 6.45) is 4.06. The van der Waals surface area contributed by atoms with Crippen LogP contribution in [0.4, 0.5) is 0 Å². The molecule has 6 heteroatoms. The minimum atomic E-state index is 0. The standard InChI is InChI=1S/C26H26N2O3.ClH/c1-18-14-21(11-12-27-18)20-9-7-19(8-10-20)15-28-16-22-4-2-6-24(25(22)26(28)29)31-17-23-5-3-13-30-23;/h2,4,6-12,14,23H,3,5,13,15-17H2,1H3;1H. The van der Waals surface area contributed by atoms with E-state index in [0.29, 0.717) is 31.0 Å². The number of hydrogen-bond donors (Lipinski definition) is 0. The van der Waals surface area contributed by atoms with Crippen molar-refractivity contribution in [2.75, 3.05) is 13.2 Å². The molecule has 1 amide bonds. The van der Waals surface area contributed by atoms with Crippen molar-refractivity contribution in [3.63, 3.8) is 0 Å². The van der Waals surface area contributed by atoms with Crippen LogP contribution in [0.1, 0.15) is 40.0 Å². The molecule has 1 saturated heterocycles. The van der Waals surface area contributed by atoms with Crippen molar-refractivity contribution < 1.29 is 14.3 Å². The van der Waals surface area contributed by atoms with Gasteiger partial charge >= 0.3 is 0 Å². The molecular weight excluding hydrogens is 424 g/mol. The van der Waals surface area contributed by atoms with E-state index in [9.17, 15) is 4.79 Å². The van der Waals surface area contributed by atoms with Gasteiger partial charge in [0, 0.05) is 31.6 Å². The second-order valence-electron chi connectivity index (χ2n) is 8.28. The highest BCUT2D eigenvalue weighted by molar-refractivity contribution is 6.01. The molecule has 2 aliphatic heterocycles. The van der Waals surface area contributed by atoms with Gasteiger partial charge in [-0.15, -0.1) is 12.4 Å². The number of rotatable bonds is 6. The maximum absolute atomic E-state index is 13.2. The molecule has 3 heterocycles. The van der Waals surface area contributed by atoms with Crippen LogP contribution < -0.4 is 4.74 Å². The molecule has 0 aliphatic carbocycles. The molecule has 32 heavy (non-hydrogen) atoms. The number of carbonyl (C=O) groups is 1. The van der Waals surface area contributed by atoms with Gasteiger partial charge in [-0.05, 0) is 60.2 Å². The van der Waals surface area contributed by atoms with Gasteiger partial charge < -0.3 is 14.4 Å². The van der Waals surface area contributed by atoms with Crippen LogP contribution in [-0.4, -0.2) is 35.1 Å². The number of aryl methyl sites for hydroxylation is 1. The van der Waals surface area contributed by atoms with Gasteiger partial charge in [0.2, 0.25) is 0 Å². The highest BCUT2D eigenvalue weighted by Gasteiger charge is 2.31. The Labute approximate surface area is 194 Å². The van der Waals surface area contributed by atoms with Crippen LogP contribution in [0, 0.1) is 6.92 Å². The summed E-state index contributed by atoms with van der Waals surface area (Å²) >= 11 is 0. The van der Waals surface area contributed by atoms with E-state index in [1.54, 1.807) is 0 Å². The normalized spacial score (nSPS) is 17.2. The lowest BCUT2D eigenvalue weighted by Gasteiger charge is -2.17. The maximum Gasteiger partial charge on any atom is 0.258 e. The monoisotopic (exact) mass is 450 g/mol. The van der Waals surface area contributed by atoms with Gasteiger partial charge in [-0.1, -0.05) is 36.4 Å². The van der Waals surface area contributed by atoms with Crippen LogP contribution >= 0.6 is 12.4 Å². The fourth-order valence-corrected chi connectivity index (χ4v) is 4.34. The molecule has 1 aromatic heterocycles. The highest BCUT2D eigenvalue weighted by atomic mass is 35.5. The van der Waals surface area contributed by atoms with E-state index >= 15 is 0 Å². The summed E-state index contributed by atoms with van der Waals surface area (Å²) in [6, 6.07) is 18.4. The molecule has 166 valence electrons. The Morgan fingerprint density at radius 3 is 2.72 bits per heavy atom. The van der Waals surface area contributed by atoms with Gasteiger partial charge in [0.15, 0.2) is 0 Å². The number of amides is 1. The van der Waals surface area contributed by atoms with Crippen LogP contribution in [0.5, 0.6) is 5.75 Å². The third-order valence-electron chi connectivity index (χ3n) is 5.98. The molecule has 1 unspecified atom stereocenters. The number of pyridine rings is 1. The number of fused-ring (bicyclic) bond motifs is 1. The van der Waals surface area contributed by atoms with Gasteiger partial charge in [-0.25, -0.2) is 0 Å². The first-order valence-corrected chi connectivity index (χ1v) is 10.8. The van der Waals surface area contributed by atoms with Crippen LogP contribution in [0.3, 0.4) is 0 Å². The molecule has 0 spiro atoms. The summed E-state index contributed by atoms with van der Waals surface area (Å²) in [6.45, 7) is 4.48. The SMILES string of the molecule is Cc1cc(-c2ccc(CN3Cc4cccc(OCC5CCCO5)c4C3=O)cc2)ccn1.Cl. The largest absolute Gasteiger partial charge is 0.490 e. The van der Waals surface area contributed by atoms with E-state index in [2.05, 4.69) is 35.3 Å². The molecule has 2 aromatic carbocycles. The summed E-state index contributed by atoms with van der Waals surface area (Å²) < 4.78 is 11.6. The third-order valence-corrected chi connectivity index (χ3v) is 5.98. The Kier molecular flexibility index (Phi) is 6.77. The molecule has 2 aliphatic rings. The van der Waals surface area contributed by atoms with Crippen molar-refractivity contribution >= 4 is 18.3 Å². The second-order valence-corrected chi connectivity index (χ2v) is 8.28. The van der Waals surface area contributed by atoms with Crippen molar-refractivity contribution in [3.8, 4) is 16.9 Å². The lowest BCUT2D eigenvalue weighted by molar-refractivity contribution is 0.0659. The minimum Gasteiger partial charge on any atom is -0.490 e. The van der Waals surface area contributed by atoms with Crippen molar-refractivity contribution in [3.05, 3.63) is 83.2 Å². The first-order valence-electron chi connectivity index (χ1n) is 10.8. The van der Waals surface area contributed by atoms with E-state index in [-0.39, 0.29) is 24.4 Å². The average Bonchev–Trinajstić information content (AvgIpc) is 3.41. The summed E-state index contributed by atoms with van der Waals surface area (Å²) in [5, 5.41) is 0. The van der Waals surface area contributed by atoms with Crippen LogP contribution in [0.2, 0.25) is 0 Å². The molecule has 1 atom stereocenters. The molecular formula is C26H27ClN2O3. The van der Waals surface area contributed by atoms with Crippen molar-refractivity contribution in [1.82, 2.24) is 9.88 Å². The van der Waals surface area contributed by atoms with Gasteiger partial charge in [-0.3, -0.25) is 9.78 Å². The number of ether oxygens (including phenoxy) is 2. The van der Waals surface area contributed by atoms with Crippen LogP contribution in [0.15, 0.2) is 60.8 Å². The minimum absolute atomic E-state index is 0. The first kappa shape index (κ1) is 22.3. The molecule has 1 fully saturated rings. The zero-order chi connectivity index (χ0) is 21.2. The fraction of sp³-hybridized carbons (Fsp3) is 0.308. The van der Waals surface area contributed by atoms with E-state index < -0.39 is 0 Å². The van der Waals surface area contributed by atoms with Gasteiger partial charge in [0.25, 0.3) is 5.91 Å². The number of halogens is 1. The summed E-state index contributed by atoms with van der Waals surface area (Å²) in [5.41, 5.74) is 6.13. The van der Waals surface area contributed by atoms with Crippen LogP contribution in [-0.2, 0) is 17.8 Å². The first-order chi connectivity index (χ1) is 15.2. The Balaban J connectivity index is 0.00000245. The number of aromatic nitrogens is 1. The van der Waals surface area contributed by atoms with E-state index in [1.165, 1.54) is 0 Å². The zero-order valence-corrected chi connectivity index (χ0v) is 18.9. The average molecular weight is 451 g/mol. The van der Waals surface area contributed by atoms with Gasteiger partial charge in [0.05, 0.1) is 11.7 Å². The Hall–Kier alpha value is -2.89. The fourth-order valence-electron chi connectivity index (χ4n) is 4.34. The van der Waals surface area contributed by atoms with Gasteiger partial charge in [-0.2, -0.15) is 0 Å². The van der Waals surface area contributed by atoms with E-state index in [4.69, 9.17) is 9.47 Å². The molecule has 5 rings (SSSR count). The molecule has 0 saturated carbocycles. The number of carbonyl (C=O) groups excluding carboxylic acids is 1. The van der Waals surface area contributed by atoms with Crippen molar-refractivity contribution in [2.45, 2.75) is 39.0 Å². The molecule has 0 N–H and O–H groups in total. The molecule has 0 bridgehead atoms. The molecule has 0 radical (unpaired) electrons. The summed E-state index contributed by atoms with van der Waals surface area (Å²) in [7, 11) is 0. The molecule has 5 nitrogen and oxygen atoms in total. The zero-order valence-electron chi connectivity index (χ0n) is 18.1. The van der Waals surface area contributed by atoms with E-state index in [1.807, 2.05) is 42.3 Å². The number of hydrogen-bond acceptors (Lipinski definition) is 4. The predicted molar refractivity (Wildman–Crippen MR) is 126 cm³/mol. The highest BCUT2D eigenvalue weighted by Crippen LogP contribution is 2.32. The quantitative estimate of drug-likeness (QED) is 0.518. The Morgan fingerprint density at radius 2 is 1.97 bits per heavy atom. The topological polar surface area (TPSA) is 51.7 Å². The van der Waals surface area contributed by atoms with Crippen molar-refractivity contribution in [2.24, 2.45) is 0 Å². The van der Waals surface area contributed by atoms with Crippen molar-refractivity contribution in [1.29, 1.82) is 0 Å². The summed E-state index contributed by atoms with van der Waals surface area (Å²) in [4.78, 5) is 19.3. The summed E-state index contributed by atoms with van der Waals surface area (Å²) in [5.74, 6) is 0.704. The number of benzene rings is 2. The van der Waals surface area contributed by atoms with Gasteiger partial charge in [0.1, 0.15) is 12.4 Å². The lowest BCUT2D eigenvalue weighted by atomic mass is 10.0. The van der Waals surface area contributed by atoms with Crippen LogP contribution in [0.25, 0.3) is 11.1 Å². The number of nitrogens with zero attached hydrogens (tertiary/aromatic N) is 2. The second kappa shape index (κ2) is 9.72. The maximum atomic E-state index is 13.2. The predicted octanol–water partition coefficient (Wildman–Crippen LogP) is 5.19. The Bertz CT molecular complexity index is 1090. The molecule has 3 aromatic rings. The smallest absolute Gasteiger partial charge is 0.258 e. The van der Waals surface area contributed by atoms with E-state index in [0.717, 1.165) is 47.4 Å². The lowest BCUT2D eigenvalue weighted by Crippen LogP contribution is -2.24.